The fourth-order valence-corrected chi connectivity index (χ4v) is 3.91. The predicted octanol–water partition coefficient (Wildman–Crippen LogP) is -0.154. The average Bonchev–Trinajstić information content (AvgIpc) is 2.71. The molecule has 1 saturated heterocycles. The van der Waals surface area contributed by atoms with Gasteiger partial charge in [0.05, 0.1) is 5.35 Å². The monoisotopic (exact) mass is 286 g/mol. The van der Waals surface area contributed by atoms with Crippen molar-refractivity contribution in [1.29, 1.82) is 0 Å². The van der Waals surface area contributed by atoms with Crippen LogP contribution < -0.4 is 14.8 Å². The van der Waals surface area contributed by atoms with Crippen molar-refractivity contribution in [2.75, 3.05) is 7.05 Å². The van der Waals surface area contributed by atoms with Crippen LogP contribution >= 0.6 is 35.3 Å². The van der Waals surface area contributed by atoms with Gasteiger partial charge in [-0.2, -0.15) is 0 Å². The van der Waals surface area contributed by atoms with Gasteiger partial charge in [-0.25, -0.2) is 0 Å². The zero-order chi connectivity index (χ0) is 12.7. The smallest absolute Gasteiger partial charge is 0.268 e. The molecule has 0 aromatic carbocycles. The van der Waals surface area contributed by atoms with Crippen molar-refractivity contribution < 1.29 is 4.79 Å². The van der Waals surface area contributed by atoms with Crippen LogP contribution in [0.25, 0.3) is 11.0 Å². The Morgan fingerprint density at radius 1 is 1.29 bits per heavy atom. The molecule has 0 radical (unpaired) electrons. The number of amides is 1. The standard InChI is InChI=1S/C10H10N2O2S3/c1-4-5-9(14)17-8(11(5)2)6-7(13)12(3)10(15)16-6/h4H,1-3H3/b5-4+,8-6+. The summed E-state index contributed by atoms with van der Waals surface area (Å²) in [5, 5.41) is 0.603. The molecule has 17 heavy (non-hydrogen) atoms. The number of thiazole rings is 1. The first kappa shape index (κ1) is 12.5. The second-order valence-corrected chi connectivity index (χ2v) is 6.09. The second kappa shape index (κ2) is 4.40. The number of thiocarbonyl (C=S) groups is 1. The number of aromatic nitrogens is 1. The van der Waals surface area contributed by atoms with Crippen LogP contribution in [0.15, 0.2) is 4.79 Å². The summed E-state index contributed by atoms with van der Waals surface area (Å²) in [5.41, 5.74) is 0. The van der Waals surface area contributed by atoms with Gasteiger partial charge in [0.25, 0.3) is 10.6 Å². The highest BCUT2D eigenvalue weighted by atomic mass is 32.2. The first-order chi connectivity index (χ1) is 7.97. The normalized spacial score (nSPS) is 20.6. The largest absolute Gasteiger partial charge is 0.332 e. The van der Waals surface area contributed by atoms with Crippen LogP contribution in [0.5, 0.6) is 0 Å². The molecule has 1 aromatic heterocycles. The van der Waals surface area contributed by atoms with E-state index < -0.39 is 0 Å². The molecule has 2 heterocycles. The molecule has 0 atom stereocenters. The van der Waals surface area contributed by atoms with E-state index in [0.717, 1.165) is 11.3 Å². The van der Waals surface area contributed by atoms with E-state index in [2.05, 4.69) is 0 Å². The molecule has 7 heteroatoms. The van der Waals surface area contributed by atoms with Gasteiger partial charge in [-0.1, -0.05) is 41.4 Å². The Labute approximate surface area is 111 Å². The molecule has 0 bridgehead atoms. The first-order valence-corrected chi connectivity index (χ1v) is 6.87. The Morgan fingerprint density at radius 2 is 1.94 bits per heavy atom. The highest BCUT2D eigenvalue weighted by molar-refractivity contribution is 8.30. The zero-order valence-corrected chi connectivity index (χ0v) is 12.0. The molecular formula is C10H10N2O2S3. The third-order valence-corrected chi connectivity index (χ3v) is 5.23. The average molecular weight is 286 g/mol. The number of thioether (sulfide) groups is 1. The van der Waals surface area contributed by atoms with Crippen LogP contribution in [-0.2, 0) is 11.8 Å². The van der Waals surface area contributed by atoms with E-state index in [-0.39, 0.29) is 10.6 Å². The Kier molecular flexibility index (Phi) is 3.24. The lowest BCUT2D eigenvalue weighted by Gasteiger charge is -2.03. The molecular weight excluding hydrogens is 276 g/mol. The van der Waals surface area contributed by atoms with E-state index in [1.54, 1.807) is 31.7 Å². The molecule has 1 aliphatic rings. The Bertz CT molecular complexity index is 683. The first-order valence-electron chi connectivity index (χ1n) is 4.83. The summed E-state index contributed by atoms with van der Waals surface area (Å²) in [6.45, 7) is 1.80. The number of rotatable bonds is 0. The van der Waals surface area contributed by atoms with Crippen LogP contribution in [0.1, 0.15) is 6.92 Å². The van der Waals surface area contributed by atoms with Gasteiger partial charge in [-0.05, 0) is 6.92 Å². The van der Waals surface area contributed by atoms with Crippen molar-refractivity contribution in [1.82, 2.24) is 9.47 Å². The summed E-state index contributed by atoms with van der Waals surface area (Å²) in [6.07, 6.45) is 1.75. The summed E-state index contributed by atoms with van der Waals surface area (Å²) in [6, 6.07) is 0. The molecule has 0 N–H and O–H groups in total. The van der Waals surface area contributed by atoms with E-state index in [1.165, 1.54) is 16.7 Å². The maximum Gasteiger partial charge on any atom is 0.268 e. The molecule has 1 aliphatic heterocycles. The van der Waals surface area contributed by atoms with Gasteiger partial charge >= 0.3 is 0 Å². The zero-order valence-electron chi connectivity index (χ0n) is 9.51. The fraction of sp³-hybridized carbons (Fsp3) is 0.300. The molecule has 90 valence electrons. The Hall–Kier alpha value is -0.920. The summed E-state index contributed by atoms with van der Waals surface area (Å²) < 4.78 is 2.90. The third kappa shape index (κ3) is 1.88. The van der Waals surface area contributed by atoms with Crippen molar-refractivity contribution >= 4 is 56.5 Å². The van der Waals surface area contributed by atoms with Gasteiger partial charge in [0.1, 0.15) is 13.9 Å². The molecule has 0 saturated carbocycles. The van der Waals surface area contributed by atoms with Crippen molar-refractivity contribution in [3.05, 3.63) is 19.5 Å². The van der Waals surface area contributed by atoms with Gasteiger partial charge in [-0.3, -0.25) is 14.5 Å². The maximum absolute atomic E-state index is 11.9. The molecule has 1 amide bonds. The fourth-order valence-electron chi connectivity index (χ4n) is 1.53. The van der Waals surface area contributed by atoms with Crippen LogP contribution in [0.2, 0.25) is 0 Å². The molecule has 2 rings (SSSR count). The van der Waals surface area contributed by atoms with E-state index in [9.17, 15) is 9.59 Å². The minimum Gasteiger partial charge on any atom is -0.332 e. The van der Waals surface area contributed by atoms with Gasteiger partial charge < -0.3 is 4.57 Å². The van der Waals surface area contributed by atoms with Crippen molar-refractivity contribution in [2.24, 2.45) is 7.05 Å². The Morgan fingerprint density at radius 3 is 2.35 bits per heavy atom. The topological polar surface area (TPSA) is 42.3 Å². The molecule has 0 spiro atoms. The molecule has 0 unspecified atom stereocenters. The summed E-state index contributed by atoms with van der Waals surface area (Å²) >= 11 is 7.39. The van der Waals surface area contributed by atoms with Crippen molar-refractivity contribution in [3.8, 4) is 0 Å². The van der Waals surface area contributed by atoms with Crippen molar-refractivity contribution in [3.63, 3.8) is 0 Å². The molecule has 1 fully saturated rings. The van der Waals surface area contributed by atoms with Crippen molar-refractivity contribution in [2.45, 2.75) is 6.92 Å². The third-order valence-electron chi connectivity index (χ3n) is 2.49. The molecule has 4 nitrogen and oxygen atoms in total. The second-order valence-electron chi connectivity index (χ2n) is 3.49. The van der Waals surface area contributed by atoms with Gasteiger partial charge in [0.15, 0.2) is 0 Å². The number of carbonyl (C=O) groups is 1. The number of carbonyl (C=O) groups excluding carboxylic acids is 1. The van der Waals surface area contributed by atoms with Gasteiger partial charge in [-0.15, -0.1) is 0 Å². The minimum absolute atomic E-state index is 0.0358. The lowest BCUT2D eigenvalue weighted by Crippen LogP contribution is -2.31. The lowest BCUT2D eigenvalue weighted by molar-refractivity contribution is -0.119. The summed E-state index contributed by atoms with van der Waals surface area (Å²) in [7, 11) is 3.42. The summed E-state index contributed by atoms with van der Waals surface area (Å²) in [4.78, 5) is 25.6. The van der Waals surface area contributed by atoms with E-state index in [4.69, 9.17) is 12.2 Å². The van der Waals surface area contributed by atoms with Crippen LogP contribution in [-0.4, -0.2) is 26.7 Å². The Balaban J connectivity index is 2.83. The van der Waals surface area contributed by atoms with Gasteiger partial charge in [0.2, 0.25) is 0 Å². The van der Waals surface area contributed by atoms with Crippen LogP contribution in [0, 0.1) is 0 Å². The SMILES string of the molecule is C/C=c1\c(=O)s/c(=C2/SC(=S)N(C)C2=O)n1C. The molecule has 0 aliphatic carbocycles. The highest BCUT2D eigenvalue weighted by Crippen LogP contribution is 2.29. The number of hydrogen-bond donors (Lipinski definition) is 0. The number of nitrogens with zero attached hydrogens (tertiary/aromatic N) is 2. The molecule has 1 aromatic rings. The van der Waals surface area contributed by atoms with Gasteiger partial charge in [0, 0.05) is 14.1 Å². The predicted molar refractivity (Wildman–Crippen MR) is 75.3 cm³/mol. The highest BCUT2D eigenvalue weighted by Gasteiger charge is 2.30. The maximum atomic E-state index is 11.9. The van der Waals surface area contributed by atoms with E-state index >= 15 is 0 Å². The minimum atomic E-state index is -0.139. The van der Waals surface area contributed by atoms with E-state index in [1.807, 2.05) is 0 Å². The number of hydrogen-bond acceptors (Lipinski definition) is 5. The van der Waals surface area contributed by atoms with Crippen LogP contribution in [0.4, 0.5) is 0 Å². The van der Waals surface area contributed by atoms with E-state index in [0.29, 0.717) is 19.2 Å². The van der Waals surface area contributed by atoms with Crippen LogP contribution in [0.3, 0.4) is 0 Å². The summed E-state index contributed by atoms with van der Waals surface area (Å²) in [5.74, 6) is -0.139. The lowest BCUT2D eigenvalue weighted by atomic mass is 10.5. The quantitative estimate of drug-likeness (QED) is 0.622.